The highest BCUT2D eigenvalue weighted by Gasteiger charge is 2.30. The van der Waals surface area contributed by atoms with Gasteiger partial charge in [0.2, 0.25) is 5.75 Å². The fourth-order valence-corrected chi connectivity index (χ4v) is 3.97. The maximum atomic E-state index is 12.8. The van der Waals surface area contributed by atoms with Crippen LogP contribution in [-0.4, -0.2) is 68.5 Å². The number of carbonyl (C=O) groups is 1. The van der Waals surface area contributed by atoms with E-state index in [4.69, 9.17) is 31.1 Å². The number of nitrogens with zero attached hydrogens (tertiary/aromatic N) is 2. The number of piperidine rings is 1. The number of nitrogens with one attached hydrogen (secondary N) is 1. The molecule has 0 saturated carbocycles. The minimum atomic E-state index is -0.529. The number of aliphatic hydroxyl groups is 1. The Morgan fingerprint density at radius 3 is 2.90 bits per heavy atom. The number of aliphatic hydroxyl groups excluding tert-OH is 1. The molecule has 1 aromatic rings. The summed E-state index contributed by atoms with van der Waals surface area (Å²) in [6.45, 7) is 3.23. The zero-order valence-corrected chi connectivity index (χ0v) is 17.2. The Kier molecular flexibility index (Phi) is 7.42. The Morgan fingerprint density at radius 1 is 1.45 bits per heavy atom. The third kappa shape index (κ3) is 5.04. The standard InChI is InChI=1S/C20H26ClN3O5/c1-27-18-15(21)10-14(17-19(18)29-9-8-28-17)20(26)23-11-13-4-7-24(12-16(13)25)6-3-2-5-22/h10,13,16,25H,2-4,6-9,11-12H2,1H3,(H,23,26)/t13-,16?/m0/s1. The van der Waals surface area contributed by atoms with Gasteiger partial charge >= 0.3 is 0 Å². The zero-order valence-electron chi connectivity index (χ0n) is 16.4. The molecule has 2 heterocycles. The Hall–Kier alpha value is -2.21. The molecule has 0 radical (unpaired) electrons. The Labute approximate surface area is 175 Å². The first-order valence-electron chi connectivity index (χ1n) is 9.76. The van der Waals surface area contributed by atoms with Gasteiger partial charge in [0.15, 0.2) is 11.5 Å². The van der Waals surface area contributed by atoms with Crippen molar-refractivity contribution in [3.63, 3.8) is 0 Å². The van der Waals surface area contributed by atoms with Gasteiger partial charge < -0.3 is 29.5 Å². The van der Waals surface area contributed by atoms with Gasteiger partial charge in [0.05, 0.1) is 29.9 Å². The predicted molar refractivity (Wildman–Crippen MR) is 107 cm³/mol. The van der Waals surface area contributed by atoms with E-state index in [-0.39, 0.29) is 22.4 Å². The van der Waals surface area contributed by atoms with E-state index in [2.05, 4.69) is 16.3 Å². The van der Waals surface area contributed by atoms with Crippen molar-refractivity contribution in [3.8, 4) is 23.3 Å². The summed E-state index contributed by atoms with van der Waals surface area (Å²) in [7, 11) is 1.48. The molecule has 0 aliphatic carbocycles. The summed E-state index contributed by atoms with van der Waals surface area (Å²) in [6.07, 6.45) is 1.57. The van der Waals surface area contributed by atoms with E-state index in [0.717, 1.165) is 25.9 Å². The summed E-state index contributed by atoms with van der Waals surface area (Å²) >= 11 is 6.24. The van der Waals surface area contributed by atoms with Gasteiger partial charge in [0, 0.05) is 25.4 Å². The molecule has 1 aromatic carbocycles. The number of methoxy groups -OCH3 is 1. The molecule has 2 aliphatic rings. The van der Waals surface area contributed by atoms with Crippen LogP contribution in [0.4, 0.5) is 0 Å². The molecule has 0 bridgehead atoms. The monoisotopic (exact) mass is 423 g/mol. The number of likely N-dealkylation sites (tertiary alicyclic amines) is 1. The van der Waals surface area contributed by atoms with Gasteiger partial charge in [-0.25, -0.2) is 0 Å². The molecule has 3 rings (SSSR count). The first-order chi connectivity index (χ1) is 14.0. The van der Waals surface area contributed by atoms with Crippen LogP contribution in [0.15, 0.2) is 6.07 Å². The fraction of sp³-hybridized carbons (Fsp3) is 0.600. The second kappa shape index (κ2) is 10.0. The minimum Gasteiger partial charge on any atom is -0.491 e. The van der Waals surface area contributed by atoms with Crippen LogP contribution in [0.25, 0.3) is 0 Å². The van der Waals surface area contributed by atoms with Gasteiger partial charge in [-0.1, -0.05) is 11.6 Å². The average molecular weight is 424 g/mol. The molecular weight excluding hydrogens is 398 g/mol. The molecule has 2 N–H and O–H groups in total. The van der Waals surface area contributed by atoms with Crippen LogP contribution >= 0.6 is 11.6 Å². The molecule has 0 aromatic heterocycles. The normalized spacial score (nSPS) is 21.3. The summed E-state index contributed by atoms with van der Waals surface area (Å²) in [5.74, 6) is 0.634. The van der Waals surface area contributed by atoms with Gasteiger partial charge in [-0.05, 0) is 32.0 Å². The number of halogens is 1. The topological polar surface area (TPSA) is 104 Å². The lowest BCUT2D eigenvalue weighted by Crippen LogP contribution is -2.47. The second-order valence-corrected chi connectivity index (χ2v) is 7.59. The molecule has 2 aliphatic heterocycles. The van der Waals surface area contributed by atoms with Gasteiger partial charge in [-0.3, -0.25) is 4.79 Å². The molecule has 1 fully saturated rings. The number of hydrogen-bond acceptors (Lipinski definition) is 7. The van der Waals surface area contributed by atoms with Crippen molar-refractivity contribution in [2.45, 2.75) is 25.4 Å². The zero-order chi connectivity index (χ0) is 20.8. The summed E-state index contributed by atoms with van der Waals surface area (Å²) in [5.41, 5.74) is 0.286. The van der Waals surface area contributed by atoms with E-state index in [0.29, 0.717) is 50.0 Å². The Bertz CT molecular complexity index is 782. The van der Waals surface area contributed by atoms with E-state index in [9.17, 15) is 9.90 Å². The lowest BCUT2D eigenvalue weighted by Gasteiger charge is -2.36. The van der Waals surface area contributed by atoms with Gasteiger partial charge in [-0.2, -0.15) is 5.26 Å². The summed E-state index contributed by atoms with van der Waals surface area (Å²) in [5, 5.41) is 22.2. The molecule has 1 amide bonds. The number of unbranched alkanes of at least 4 members (excludes halogenated alkanes) is 1. The number of β-amino-alcohol motifs (C(OH)–C–C–N with tert-alkyl or cyclic N) is 1. The number of fused-ring (bicyclic) bond motifs is 1. The summed E-state index contributed by atoms with van der Waals surface area (Å²) in [4.78, 5) is 14.9. The number of ether oxygens (including phenoxy) is 3. The molecule has 1 saturated heterocycles. The lowest BCUT2D eigenvalue weighted by atomic mass is 9.93. The molecule has 9 heteroatoms. The van der Waals surface area contributed by atoms with Crippen LogP contribution < -0.4 is 19.5 Å². The van der Waals surface area contributed by atoms with Crippen LogP contribution in [-0.2, 0) is 0 Å². The highest BCUT2D eigenvalue weighted by atomic mass is 35.5. The van der Waals surface area contributed by atoms with E-state index < -0.39 is 6.10 Å². The summed E-state index contributed by atoms with van der Waals surface area (Å²) < 4.78 is 16.5. The van der Waals surface area contributed by atoms with E-state index >= 15 is 0 Å². The smallest absolute Gasteiger partial charge is 0.255 e. The molecular formula is C20H26ClN3O5. The SMILES string of the molecule is COc1c(Cl)cc(C(=O)NC[C@@H]2CCN(CCCC#N)CC2O)c2c1OCCO2. The van der Waals surface area contributed by atoms with E-state index in [1.807, 2.05) is 0 Å². The van der Waals surface area contributed by atoms with Crippen LogP contribution in [0.1, 0.15) is 29.6 Å². The van der Waals surface area contributed by atoms with Crippen molar-refractivity contribution in [2.24, 2.45) is 5.92 Å². The second-order valence-electron chi connectivity index (χ2n) is 7.18. The highest BCUT2D eigenvalue weighted by molar-refractivity contribution is 6.33. The molecule has 1 unspecified atom stereocenters. The van der Waals surface area contributed by atoms with Crippen LogP contribution in [0.5, 0.6) is 17.2 Å². The van der Waals surface area contributed by atoms with Crippen molar-refractivity contribution in [1.29, 1.82) is 5.26 Å². The van der Waals surface area contributed by atoms with Gasteiger partial charge in [-0.15, -0.1) is 0 Å². The molecule has 0 spiro atoms. The van der Waals surface area contributed by atoms with Crippen molar-refractivity contribution < 1.29 is 24.1 Å². The van der Waals surface area contributed by atoms with Crippen molar-refractivity contribution in [1.82, 2.24) is 10.2 Å². The number of nitriles is 1. The molecule has 158 valence electrons. The Morgan fingerprint density at radius 2 is 2.21 bits per heavy atom. The number of carbonyl (C=O) groups excluding carboxylic acids is 1. The fourth-order valence-electron chi connectivity index (χ4n) is 3.70. The maximum absolute atomic E-state index is 12.8. The number of benzene rings is 1. The number of rotatable bonds is 7. The van der Waals surface area contributed by atoms with Gasteiger partial charge in [0.1, 0.15) is 13.2 Å². The third-order valence-corrected chi connectivity index (χ3v) is 5.54. The molecule has 2 atom stereocenters. The number of hydrogen-bond donors (Lipinski definition) is 2. The van der Waals surface area contributed by atoms with Crippen LogP contribution in [0.2, 0.25) is 5.02 Å². The lowest BCUT2D eigenvalue weighted by molar-refractivity contribution is 0.0219. The highest BCUT2D eigenvalue weighted by Crippen LogP contribution is 2.46. The van der Waals surface area contributed by atoms with Crippen LogP contribution in [0, 0.1) is 17.2 Å². The Balaban J connectivity index is 1.60. The quantitative estimate of drug-likeness (QED) is 0.645. The third-order valence-electron chi connectivity index (χ3n) is 5.26. The first-order valence-corrected chi connectivity index (χ1v) is 10.1. The molecule has 29 heavy (non-hydrogen) atoms. The van der Waals surface area contributed by atoms with E-state index in [1.165, 1.54) is 13.2 Å². The van der Waals surface area contributed by atoms with Crippen LogP contribution in [0.3, 0.4) is 0 Å². The predicted octanol–water partition coefficient (Wildman–Crippen LogP) is 1.84. The van der Waals surface area contributed by atoms with Crippen molar-refractivity contribution in [2.75, 3.05) is 46.5 Å². The maximum Gasteiger partial charge on any atom is 0.255 e. The van der Waals surface area contributed by atoms with Gasteiger partial charge in [0.25, 0.3) is 5.91 Å². The average Bonchev–Trinajstić information content (AvgIpc) is 2.72. The minimum absolute atomic E-state index is 0.0344. The number of amides is 1. The largest absolute Gasteiger partial charge is 0.491 e. The molecule has 8 nitrogen and oxygen atoms in total. The summed E-state index contributed by atoms with van der Waals surface area (Å²) in [6, 6.07) is 3.65. The van der Waals surface area contributed by atoms with Crippen molar-refractivity contribution in [3.05, 3.63) is 16.7 Å². The van der Waals surface area contributed by atoms with E-state index in [1.54, 1.807) is 0 Å². The first kappa shape index (κ1) is 21.5. The van der Waals surface area contributed by atoms with Crippen molar-refractivity contribution >= 4 is 17.5 Å².